The van der Waals surface area contributed by atoms with Gasteiger partial charge in [0.2, 0.25) is 17.8 Å². The van der Waals surface area contributed by atoms with Gasteiger partial charge in [-0.1, -0.05) is 0 Å². The fraction of sp³-hybridized carbons (Fsp3) is 0.316. The number of nitrogens with one attached hydrogen (secondary N) is 2. The molecule has 0 bridgehead atoms. The second kappa shape index (κ2) is 9.31. The van der Waals surface area contributed by atoms with Crippen LogP contribution in [0.5, 0.6) is 5.75 Å². The molecule has 1 aromatic carbocycles. The number of benzene rings is 1. The number of morpholine rings is 1. The Balaban J connectivity index is 1.52. The fourth-order valence-corrected chi connectivity index (χ4v) is 2.94. The molecule has 31 heavy (non-hydrogen) atoms. The SMILES string of the molecule is FC(F)(Cl)Oc1ccc(Nc2nc(NCc3ccco3)nc(N3CCOCC3)n2)cc1. The van der Waals surface area contributed by atoms with Crippen molar-refractivity contribution in [3.05, 3.63) is 48.4 Å². The van der Waals surface area contributed by atoms with Gasteiger partial charge >= 0.3 is 5.57 Å². The van der Waals surface area contributed by atoms with Gasteiger partial charge in [-0.15, -0.1) is 8.78 Å². The fourth-order valence-electron chi connectivity index (χ4n) is 2.85. The first-order valence-corrected chi connectivity index (χ1v) is 9.80. The molecule has 0 saturated carbocycles. The van der Waals surface area contributed by atoms with E-state index < -0.39 is 5.57 Å². The number of furan rings is 1. The van der Waals surface area contributed by atoms with Crippen LogP contribution in [0.1, 0.15) is 5.76 Å². The largest absolute Gasteiger partial charge is 0.487 e. The van der Waals surface area contributed by atoms with Crippen LogP contribution in [0.4, 0.5) is 32.3 Å². The number of nitrogens with zero attached hydrogens (tertiary/aromatic N) is 4. The summed E-state index contributed by atoms with van der Waals surface area (Å²) in [6.45, 7) is 2.86. The van der Waals surface area contributed by atoms with E-state index in [0.717, 1.165) is 5.76 Å². The molecular formula is C19H19ClF2N6O3. The van der Waals surface area contributed by atoms with Gasteiger partial charge in [-0.3, -0.25) is 0 Å². The summed E-state index contributed by atoms with van der Waals surface area (Å²) >= 11 is 4.79. The van der Waals surface area contributed by atoms with E-state index in [1.165, 1.54) is 12.1 Å². The number of hydrogen-bond donors (Lipinski definition) is 2. The molecule has 0 unspecified atom stereocenters. The van der Waals surface area contributed by atoms with Crippen LogP contribution in [0.25, 0.3) is 0 Å². The average Bonchev–Trinajstić information content (AvgIpc) is 3.27. The van der Waals surface area contributed by atoms with Crippen LogP contribution in [0.3, 0.4) is 0 Å². The van der Waals surface area contributed by atoms with E-state index in [9.17, 15) is 8.78 Å². The van der Waals surface area contributed by atoms with Crippen LogP contribution in [-0.4, -0.2) is 46.8 Å². The first-order chi connectivity index (χ1) is 14.9. The van der Waals surface area contributed by atoms with E-state index in [1.54, 1.807) is 24.5 Å². The van der Waals surface area contributed by atoms with E-state index >= 15 is 0 Å². The molecule has 0 radical (unpaired) electrons. The molecule has 1 aliphatic rings. The molecular weight excluding hydrogens is 434 g/mol. The van der Waals surface area contributed by atoms with Gasteiger partial charge in [0.25, 0.3) is 0 Å². The summed E-state index contributed by atoms with van der Waals surface area (Å²) in [7, 11) is 0. The predicted molar refractivity (Wildman–Crippen MR) is 110 cm³/mol. The smallest absolute Gasteiger partial charge is 0.467 e. The van der Waals surface area contributed by atoms with Gasteiger partial charge in [-0.25, -0.2) is 0 Å². The molecule has 1 saturated heterocycles. The molecule has 0 spiro atoms. The number of ether oxygens (including phenoxy) is 2. The molecule has 12 heteroatoms. The molecule has 1 fully saturated rings. The Labute approximate surface area is 181 Å². The van der Waals surface area contributed by atoms with Crippen LogP contribution in [0.2, 0.25) is 0 Å². The number of aromatic nitrogens is 3. The topological polar surface area (TPSA) is 97.6 Å². The molecule has 3 heterocycles. The first kappa shape index (κ1) is 21.1. The van der Waals surface area contributed by atoms with E-state index in [4.69, 9.17) is 20.8 Å². The van der Waals surface area contributed by atoms with Crippen molar-refractivity contribution in [1.29, 1.82) is 0 Å². The Hall–Kier alpha value is -3.18. The van der Waals surface area contributed by atoms with Crippen LogP contribution >= 0.6 is 11.6 Å². The molecule has 4 rings (SSSR count). The van der Waals surface area contributed by atoms with Gasteiger partial charge in [-0.2, -0.15) is 15.0 Å². The van der Waals surface area contributed by atoms with E-state index in [-0.39, 0.29) is 11.7 Å². The summed E-state index contributed by atoms with van der Waals surface area (Å²) < 4.78 is 40.6. The van der Waals surface area contributed by atoms with Crippen LogP contribution in [0.15, 0.2) is 47.1 Å². The first-order valence-electron chi connectivity index (χ1n) is 9.42. The van der Waals surface area contributed by atoms with Crippen molar-refractivity contribution in [3.8, 4) is 5.75 Å². The minimum atomic E-state index is -3.77. The normalized spacial score (nSPS) is 14.4. The molecule has 9 nitrogen and oxygen atoms in total. The van der Waals surface area contributed by atoms with E-state index in [2.05, 4.69) is 30.3 Å². The van der Waals surface area contributed by atoms with Crippen molar-refractivity contribution in [1.82, 2.24) is 15.0 Å². The lowest BCUT2D eigenvalue weighted by atomic mass is 10.3. The quantitative estimate of drug-likeness (QED) is 0.494. The third-order valence-corrected chi connectivity index (χ3v) is 4.34. The molecule has 0 aliphatic carbocycles. The maximum absolute atomic E-state index is 12.8. The highest BCUT2D eigenvalue weighted by molar-refractivity contribution is 6.20. The third-order valence-electron chi connectivity index (χ3n) is 4.26. The predicted octanol–water partition coefficient (Wildman–Crippen LogP) is 3.82. The summed E-state index contributed by atoms with van der Waals surface area (Å²) in [5.74, 6) is 1.79. The van der Waals surface area contributed by atoms with Gasteiger partial charge in [0.15, 0.2) is 0 Å². The summed E-state index contributed by atoms with van der Waals surface area (Å²) in [5.41, 5.74) is -3.20. The van der Waals surface area contributed by atoms with Crippen molar-refractivity contribution in [2.24, 2.45) is 0 Å². The van der Waals surface area contributed by atoms with Crippen molar-refractivity contribution in [2.75, 3.05) is 41.8 Å². The molecule has 0 amide bonds. The number of halogens is 3. The molecule has 2 aromatic heterocycles. The molecule has 0 atom stereocenters. The van der Waals surface area contributed by atoms with Crippen LogP contribution in [-0.2, 0) is 11.3 Å². The van der Waals surface area contributed by atoms with E-state index in [1.807, 2.05) is 11.0 Å². The van der Waals surface area contributed by atoms with Gasteiger partial charge in [0.05, 0.1) is 26.0 Å². The van der Waals surface area contributed by atoms with Gasteiger partial charge in [0.1, 0.15) is 11.5 Å². The molecule has 3 aromatic rings. The van der Waals surface area contributed by atoms with Crippen LogP contribution in [0, 0.1) is 0 Å². The maximum atomic E-state index is 12.8. The zero-order valence-corrected chi connectivity index (χ0v) is 17.0. The van der Waals surface area contributed by atoms with Crippen LogP contribution < -0.4 is 20.3 Å². The Bertz CT molecular complexity index is 979. The highest BCUT2D eigenvalue weighted by atomic mass is 35.5. The molecule has 2 N–H and O–H groups in total. The third kappa shape index (κ3) is 6.15. The van der Waals surface area contributed by atoms with Crippen molar-refractivity contribution in [3.63, 3.8) is 0 Å². The summed E-state index contributed by atoms with van der Waals surface area (Å²) in [6, 6.07) is 9.45. The number of anilines is 4. The summed E-state index contributed by atoms with van der Waals surface area (Å²) in [6.07, 6.45) is 1.59. The Kier molecular flexibility index (Phi) is 6.33. The monoisotopic (exact) mass is 452 g/mol. The highest BCUT2D eigenvalue weighted by Gasteiger charge is 2.27. The van der Waals surface area contributed by atoms with Crippen molar-refractivity contribution < 1.29 is 22.7 Å². The average molecular weight is 453 g/mol. The number of hydrogen-bond acceptors (Lipinski definition) is 9. The second-order valence-electron chi connectivity index (χ2n) is 6.51. The summed E-state index contributed by atoms with van der Waals surface area (Å²) in [5, 5.41) is 6.16. The minimum absolute atomic E-state index is 0.0731. The lowest BCUT2D eigenvalue weighted by Gasteiger charge is -2.27. The highest BCUT2D eigenvalue weighted by Crippen LogP contribution is 2.27. The number of alkyl halides is 3. The summed E-state index contributed by atoms with van der Waals surface area (Å²) in [4.78, 5) is 15.4. The van der Waals surface area contributed by atoms with Crippen molar-refractivity contribution in [2.45, 2.75) is 12.1 Å². The molecule has 1 aliphatic heterocycles. The molecule has 164 valence electrons. The minimum Gasteiger partial charge on any atom is -0.467 e. The maximum Gasteiger partial charge on any atom is 0.487 e. The van der Waals surface area contributed by atoms with Gasteiger partial charge < -0.3 is 29.4 Å². The Morgan fingerprint density at radius 1 is 1.06 bits per heavy atom. The Morgan fingerprint density at radius 3 is 2.48 bits per heavy atom. The second-order valence-corrected chi connectivity index (χ2v) is 6.95. The lowest BCUT2D eigenvalue weighted by molar-refractivity contribution is -0.0964. The lowest BCUT2D eigenvalue weighted by Crippen LogP contribution is -2.37. The van der Waals surface area contributed by atoms with E-state index in [0.29, 0.717) is 50.4 Å². The van der Waals surface area contributed by atoms with Crippen molar-refractivity contribution >= 4 is 35.1 Å². The standard InChI is InChI=1S/C19H19ClF2N6O3/c20-19(21,22)31-14-5-3-13(4-6-14)24-17-25-16(23-12-15-2-1-9-30-15)26-18(27-17)28-7-10-29-11-8-28/h1-6,9H,7-8,10-12H2,(H2,23,24,25,26,27). The zero-order chi connectivity index (χ0) is 21.7. The van der Waals surface area contributed by atoms with Gasteiger partial charge in [-0.05, 0) is 36.4 Å². The van der Waals surface area contributed by atoms with Gasteiger partial charge in [0, 0.05) is 30.4 Å². The number of rotatable bonds is 8. The zero-order valence-electron chi connectivity index (χ0n) is 16.2. The Morgan fingerprint density at radius 2 is 1.81 bits per heavy atom.